The number of nitrogens with zero attached hydrogens (tertiary/aromatic N) is 1. The second-order valence-corrected chi connectivity index (χ2v) is 4.45. The van der Waals surface area contributed by atoms with E-state index in [0.717, 1.165) is 18.5 Å². The van der Waals surface area contributed by atoms with E-state index in [1.165, 1.54) is 12.1 Å². The van der Waals surface area contributed by atoms with Crippen LogP contribution in [0.5, 0.6) is 0 Å². The molecule has 0 heterocycles. The van der Waals surface area contributed by atoms with Crippen LogP contribution in [0.2, 0.25) is 0 Å². The third kappa shape index (κ3) is 4.61. The first-order valence-corrected chi connectivity index (χ1v) is 6.52. The molecule has 0 aliphatic rings. The van der Waals surface area contributed by atoms with Crippen LogP contribution in [0.4, 0.5) is 4.39 Å². The number of halogens is 1. The molecule has 1 amide bonds. The Kier molecular flexibility index (Phi) is 6.45. The summed E-state index contributed by atoms with van der Waals surface area (Å²) in [7, 11) is 1.61. The average molecular weight is 267 g/mol. The molecule has 1 atom stereocenters. The molecule has 0 aromatic heterocycles. The first-order chi connectivity index (χ1) is 9.12. The Morgan fingerprint density at radius 1 is 1.42 bits per heavy atom. The zero-order valence-corrected chi connectivity index (χ0v) is 11.5. The van der Waals surface area contributed by atoms with Crippen molar-refractivity contribution in [3.05, 3.63) is 35.6 Å². The van der Waals surface area contributed by atoms with Crippen LogP contribution in [0.3, 0.4) is 0 Å². The molecule has 0 bridgehead atoms. The quantitative estimate of drug-likeness (QED) is 0.782. The maximum Gasteiger partial charge on any atom is 0.233 e. The molecular formula is C14H22FN3O. The monoisotopic (exact) mass is 267 g/mol. The summed E-state index contributed by atoms with van der Waals surface area (Å²) in [5, 5.41) is 2.61. The van der Waals surface area contributed by atoms with Crippen LogP contribution < -0.4 is 11.1 Å². The van der Waals surface area contributed by atoms with E-state index in [-0.39, 0.29) is 17.8 Å². The Morgan fingerprint density at radius 2 is 2.05 bits per heavy atom. The van der Waals surface area contributed by atoms with Crippen molar-refractivity contribution in [1.29, 1.82) is 0 Å². The zero-order chi connectivity index (χ0) is 14.3. The Morgan fingerprint density at radius 3 is 2.53 bits per heavy atom. The van der Waals surface area contributed by atoms with E-state index in [1.807, 2.05) is 4.90 Å². The summed E-state index contributed by atoms with van der Waals surface area (Å²) in [6, 6.07) is 6.21. The summed E-state index contributed by atoms with van der Waals surface area (Å²) >= 11 is 0. The van der Waals surface area contributed by atoms with Gasteiger partial charge in [0.1, 0.15) is 5.82 Å². The number of hydrogen-bond acceptors (Lipinski definition) is 3. The van der Waals surface area contributed by atoms with E-state index in [2.05, 4.69) is 12.2 Å². The molecule has 106 valence electrons. The van der Waals surface area contributed by atoms with Gasteiger partial charge in [-0.25, -0.2) is 4.39 Å². The van der Waals surface area contributed by atoms with Crippen LogP contribution >= 0.6 is 0 Å². The van der Waals surface area contributed by atoms with E-state index in [4.69, 9.17) is 5.73 Å². The largest absolute Gasteiger partial charge is 0.358 e. The molecule has 1 unspecified atom stereocenters. The van der Waals surface area contributed by atoms with Crippen molar-refractivity contribution < 1.29 is 9.18 Å². The number of amides is 1. The summed E-state index contributed by atoms with van der Waals surface area (Å²) < 4.78 is 13.0. The van der Waals surface area contributed by atoms with Crippen molar-refractivity contribution in [3.63, 3.8) is 0 Å². The van der Waals surface area contributed by atoms with Gasteiger partial charge in [-0.2, -0.15) is 0 Å². The van der Waals surface area contributed by atoms with Crippen LogP contribution in [0.25, 0.3) is 0 Å². The maximum absolute atomic E-state index is 13.0. The predicted molar refractivity (Wildman–Crippen MR) is 74.1 cm³/mol. The molecule has 0 radical (unpaired) electrons. The third-order valence-corrected chi connectivity index (χ3v) is 3.06. The fraction of sp³-hybridized carbons (Fsp3) is 0.500. The highest BCUT2D eigenvalue weighted by atomic mass is 19.1. The number of nitrogens with one attached hydrogen (secondary N) is 1. The van der Waals surface area contributed by atoms with Gasteiger partial charge in [-0.3, -0.25) is 9.69 Å². The van der Waals surface area contributed by atoms with E-state index in [1.54, 1.807) is 19.2 Å². The van der Waals surface area contributed by atoms with Gasteiger partial charge in [-0.1, -0.05) is 19.1 Å². The number of carbonyl (C=O) groups excluding carboxylic acids is 1. The Labute approximate surface area is 113 Å². The number of carbonyl (C=O) groups is 1. The Hall–Kier alpha value is -1.46. The lowest BCUT2D eigenvalue weighted by atomic mass is 10.0. The minimum atomic E-state index is -0.270. The number of nitrogens with two attached hydrogens (primary N) is 1. The minimum absolute atomic E-state index is 0.0472. The highest BCUT2D eigenvalue weighted by Gasteiger charge is 2.20. The normalized spacial score (nSPS) is 12.5. The van der Waals surface area contributed by atoms with Gasteiger partial charge in [0.05, 0.1) is 6.54 Å². The van der Waals surface area contributed by atoms with Crippen LogP contribution in [0.15, 0.2) is 24.3 Å². The lowest BCUT2D eigenvalue weighted by Crippen LogP contribution is -2.41. The molecule has 1 aromatic rings. The molecule has 1 rings (SSSR count). The van der Waals surface area contributed by atoms with E-state index in [9.17, 15) is 9.18 Å². The summed E-state index contributed by atoms with van der Waals surface area (Å²) in [6.07, 6.45) is 0.925. The second-order valence-electron chi connectivity index (χ2n) is 4.45. The summed E-state index contributed by atoms with van der Waals surface area (Å²) in [5.74, 6) is -0.318. The molecular weight excluding hydrogens is 245 g/mol. The molecule has 1 aromatic carbocycles. The first kappa shape index (κ1) is 15.6. The lowest BCUT2D eigenvalue weighted by Gasteiger charge is -2.30. The highest BCUT2D eigenvalue weighted by molar-refractivity contribution is 5.77. The van der Waals surface area contributed by atoms with Crippen LogP contribution in [-0.2, 0) is 4.79 Å². The van der Waals surface area contributed by atoms with Crippen molar-refractivity contribution in [2.24, 2.45) is 5.73 Å². The van der Waals surface area contributed by atoms with Gasteiger partial charge in [0.25, 0.3) is 0 Å². The smallest absolute Gasteiger partial charge is 0.233 e. The fourth-order valence-corrected chi connectivity index (χ4v) is 2.08. The van der Waals surface area contributed by atoms with Gasteiger partial charge in [0.15, 0.2) is 0 Å². The van der Waals surface area contributed by atoms with E-state index < -0.39 is 0 Å². The predicted octanol–water partition coefficient (Wildman–Crippen LogP) is 1.28. The molecule has 19 heavy (non-hydrogen) atoms. The fourth-order valence-electron chi connectivity index (χ4n) is 2.08. The summed E-state index contributed by atoms with van der Waals surface area (Å²) in [6.45, 7) is 3.51. The molecule has 5 heteroatoms. The molecule has 0 aliphatic heterocycles. The molecule has 0 saturated carbocycles. The van der Waals surface area contributed by atoms with Crippen molar-refractivity contribution in [2.75, 3.05) is 26.7 Å². The number of hydrogen-bond donors (Lipinski definition) is 2. The average Bonchev–Trinajstić information content (AvgIpc) is 2.41. The summed E-state index contributed by atoms with van der Waals surface area (Å²) in [4.78, 5) is 13.6. The van der Waals surface area contributed by atoms with E-state index >= 15 is 0 Å². The standard InChI is InChI=1S/C14H22FN3O/c1-3-8-18(10-14(19)17-2)13(9-16)11-4-6-12(15)7-5-11/h4-7,13H,3,8-10,16H2,1-2H3,(H,17,19). The second kappa shape index (κ2) is 7.86. The number of likely N-dealkylation sites (N-methyl/N-ethyl adjacent to an activating group) is 1. The van der Waals surface area contributed by atoms with Gasteiger partial charge in [0.2, 0.25) is 5.91 Å². The number of rotatable bonds is 7. The van der Waals surface area contributed by atoms with Gasteiger partial charge < -0.3 is 11.1 Å². The molecule has 0 saturated heterocycles. The third-order valence-electron chi connectivity index (χ3n) is 3.06. The van der Waals surface area contributed by atoms with Crippen LogP contribution in [-0.4, -0.2) is 37.5 Å². The Balaban J connectivity index is 2.88. The molecule has 3 N–H and O–H groups in total. The van der Waals surface area contributed by atoms with Crippen molar-refractivity contribution in [2.45, 2.75) is 19.4 Å². The summed E-state index contributed by atoms with van der Waals surface area (Å²) in [5.41, 5.74) is 6.76. The highest BCUT2D eigenvalue weighted by Crippen LogP contribution is 2.20. The topological polar surface area (TPSA) is 58.4 Å². The SMILES string of the molecule is CCCN(CC(=O)NC)C(CN)c1ccc(F)cc1. The lowest BCUT2D eigenvalue weighted by molar-refractivity contribution is -0.122. The number of benzene rings is 1. The van der Waals surface area contributed by atoms with Gasteiger partial charge in [-0.15, -0.1) is 0 Å². The van der Waals surface area contributed by atoms with Gasteiger partial charge in [-0.05, 0) is 30.7 Å². The van der Waals surface area contributed by atoms with Gasteiger partial charge >= 0.3 is 0 Å². The molecule has 4 nitrogen and oxygen atoms in total. The molecule has 0 spiro atoms. The first-order valence-electron chi connectivity index (χ1n) is 6.52. The Bertz CT molecular complexity index is 394. The van der Waals surface area contributed by atoms with Crippen LogP contribution in [0, 0.1) is 5.82 Å². The maximum atomic E-state index is 13.0. The molecule has 0 fully saturated rings. The van der Waals surface area contributed by atoms with Crippen LogP contribution in [0.1, 0.15) is 24.9 Å². The van der Waals surface area contributed by atoms with Crippen molar-refractivity contribution >= 4 is 5.91 Å². The van der Waals surface area contributed by atoms with Crippen molar-refractivity contribution in [3.8, 4) is 0 Å². The molecule has 0 aliphatic carbocycles. The minimum Gasteiger partial charge on any atom is -0.358 e. The zero-order valence-electron chi connectivity index (χ0n) is 11.5. The van der Waals surface area contributed by atoms with Crippen molar-refractivity contribution in [1.82, 2.24) is 10.2 Å². The van der Waals surface area contributed by atoms with Gasteiger partial charge in [0, 0.05) is 19.6 Å². The van der Waals surface area contributed by atoms with E-state index in [0.29, 0.717) is 13.1 Å².